The third-order valence-electron chi connectivity index (χ3n) is 6.16. The van der Waals surface area contributed by atoms with Gasteiger partial charge in [-0.25, -0.2) is 0 Å². The van der Waals surface area contributed by atoms with E-state index in [0.717, 1.165) is 33.5 Å². The average Bonchev–Trinajstić information content (AvgIpc) is 2.97. The molecule has 5 rings (SSSR count). The molecule has 7 heteroatoms. The van der Waals surface area contributed by atoms with Crippen molar-refractivity contribution in [1.29, 1.82) is 0 Å². The summed E-state index contributed by atoms with van der Waals surface area (Å²) in [6, 6.07) is 33.9. The number of aromatic nitrogens is 1. The van der Waals surface area contributed by atoms with Crippen LogP contribution in [0.4, 0.5) is 11.4 Å². The van der Waals surface area contributed by atoms with Crippen molar-refractivity contribution in [3.63, 3.8) is 0 Å². The van der Waals surface area contributed by atoms with Crippen LogP contribution in [0.1, 0.15) is 26.3 Å². The normalized spacial score (nSPS) is 10.3. The van der Waals surface area contributed by atoms with Crippen molar-refractivity contribution >= 4 is 23.3 Å². The maximum Gasteiger partial charge on any atom is 1.00 e. The second-order valence-electron chi connectivity index (χ2n) is 8.71. The number of aromatic carboxylic acids is 1. The van der Waals surface area contributed by atoms with Gasteiger partial charge < -0.3 is 20.5 Å². The summed E-state index contributed by atoms with van der Waals surface area (Å²) < 4.78 is 0. The maximum atomic E-state index is 13.2. The molecule has 0 spiro atoms. The van der Waals surface area contributed by atoms with Crippen LogP contribution in [-0.4, -0.2) is 16.9 Å². The third-order valence-corrected chi connectivity index (χ3v) is 6.16. The molecule has 1 aromatic heterocycles. The second kappa shape index (κ2) is 13.0. The summed E-state index contributed by atoms with van der Waals surface area (Å²) in [6.07, 6.45) is 3.13. The van der Waals surface area contributed by atoms with Gasteiger partial charge in [0.05, 0.1) is 17.2 Å². The minimum Gasteiger partial charge on any atom is -0.545 e. The van der Waals surface area contributed by atoms with Gasteiger partial charge in [0.25, 0.3) is 5.91 Å². The van der Waals surface area contributed by atoms with E-state index in [9.17, 15) is 14.7 Å². The molecular weight excluding hydrogens is 497 g/mol. The quantitative estimate of drug-likeness (QED) is 0.306. The molecule has 0 radical (unpaired) electrons. The number of hydrogen-bond donors (Lipinski definition) is 2. The molecule has 5 aromatic rings. The van der Waals surface area contributed by atoms with Crippen LogP contribution < -0.4 is 45.3 Å². The van der Waals surface area contributed by atoms with Gasteiger partial charge in [-0.3, -0.25) is 9.78 Å². The molecule has 0 aliphatic rings. The van der Waals surface area contributed by atoms with Crippen LogP contribution in [0.15, 0.2) is 122 Å². The van der Waals surface area contributed by atoms with Gasteiger partial charge in [0.2, 0.25) is 0 Å². The van der Waals surface area contributed by atoms with Gasteiger partial charge in [0.1, 0.15) is 0 Å². The summed E-state index contributed by atoms with van der Waals surface area (Å²) >= 11 is 0. The number of benzene rings is 4. The summed E-state index contributed by atoms with van der Waals surface area (Å²) in [5, 5.41) is 18.1. The van der Waals surface area contributed by atoms with Crippen molar-refractivity contribution < 1.29 is 44.3 Å². The first-order valence-corrected chi connectivity index (χ1v) is 12.1. The molecule has 0 aliphatic heterocycles. The van der Waals surface area contributed by atoms with E-state index in [4.69, 9.17) is 0 Å². The Kier molecular flexibility index (Phi) is 9.28. The standard InChI is InChI=1S/C32H25N3O3.Na/c36-31(26-17-25(20-33-21-26)23-11-5-2-6-12-23)35-30-18-24(15-16-28(30)32(37)38)27-13-7-8-14-29(27)34-19-22-9-3-1-4-10-22;/h1-18,20-21,34H,19H2,(H,35,36)(H,37,38);/q;+1/p-1. The smallest absolute Gasteiger partial charge is 0.545 e. The first-order chi connectivity index (χ1) is 18.6. The maximum absolute atomic E-state index is 13.2. The van der Waals surface area contributed by atoms with E-state index in [2.05, 4.69) is 15.6 Å². The molecule has 39 heavy (non-hydrogen) atoms. The number of hydrogen-bond acceptors (Lipinski definition) is 5. The number of carbonyl (C=O) groups is 2. The number of rotatable bonds is 8. The number of nitrogens with zero attached hydrogens (tertiary/aromatic N) is 1. The molecular formula is C32H24N3NaO3. The van der Waals surface area contributed by atoms with Crippen LogP contribution in [0.5, 0.6) is 0 Å². The SMILES string of the molecule is O=C(Nc1cc(-c2ccccc2NCc2ccccc2)ccc1C(=O)[O-])c1cncc(-c2ccccc2)c1.[Na+]. The van der Waals surface area contributed by atoms with E-state index in [-0.39, 0.29) is 40.8 Å². The Hall–Kier alpha value is -4.23. The fraction of sp³-hybridized carbons (Fsp3) is 0.0312. The number of amides is 1. The monoisotopic (exact) mass is 521 g/mol. The minimum atomic E-state index is -1.38. The van der Waals surface area contributed by atoms with Crippen LogP contribution in [0, 0.1) is 0 Å². The predicted octanol–water partition coefficient (Wildman–Crippen LogP) is 2.65. The Balaban J connectivity index is 0.00000353. The molecule has 186 valence electrons. The zero-order valence-corrected chi connectivity index (χ0v) is 23.4. The molecule has 0 unspecified atom stereocenters. The Morgan fingerprint density at radius 2 is 1.38 bits per heavy atom. The van der Waals surface area contributed by atoms with Crippen molar-refractivity contribution in [2.45, 2.75) is 6.54 Å². The summed E-state index contributed by atoms with van der Waals surface area (Å²) in [7, 11) is 0. The fourth-order valence-electron chi connectivity index (χ4n) is 4.22. The van der Waals surface area contributed by atoms with Crippen LogP contribution in [-0.2, 0) is 6.54 Å². The summed E-state index contributed by atoms with van der Waals surface area (Å²) in [5.41, 5.74) is 5.69. The zero-order valence-electron chi connectivity index (χ0n) is 21.4. The Labute approximate surface area is 249 Å². The molecule has 0 saturated heterocycles. The molecule has 0 fully saturated rings. The van der Waals surface area contributed by atoms with Gasteiger partial charge in [-0.2, -0.15) is 0 Å². The van der Waals surface area contributed by atoms with Gasteiger partial charge in [0, 0.05) is 41.3 Å². The van der Waals surface area contributed by atoms with Gasteiger partial charge >= 0.3 is 29.6 Å². The van der Waals surface area contributed by atoms with Crippen molar-refractivity contribution in [2.24, 2.45) is 0 Å². The molecule has 1 heterocycles. The molecule has 0 atom stereocenters. The first kappa shape index (κ1) is 27.8. The molecule has 1 amide bonds. The topological polar surface area (TPSA) is 94.2 Å². The van der Waals surface area contributed by atoms with Gasteiger partial charge in [-0.05, 0) is 34.9 Å². The molecule has 2 N–H and O–H groups in total. The number of carboxylic acids is 1. The molecule has 0 saturated carbocycles. The van der Waals surface area contributed by atoms with E-state index < -0.39 is 11.9 Å². The van der Waals surface area contributed by atoms with Crippen molar-refractivity contribution in [3.8, 4) is 22.3 Å². The predicted molar refractivity (Wildman–Crippen MR) is 148 cm³/mol. The van der Waals surface area contributed by atoms with E-state index in [1.165, 1.54) is 12.3 Å². The Morgan fingerprint density at radius 3 is 2.13 bits per heavy atom. The second-order valence-corrected chi connectivity index (χ2v) is 8.71. The van der Waals surface area contributed by atoms with Gasteiger partial charge in [-0.15, -0.1) is 0 Å². The van der Waals surface area contributed by atoms with Crippen molar-refractivity contribution in [1.82, 2.24) is 4.98 Å². The molecule has 4 aromatic carbocycles. The van der Waals surface area contributed by atoms with E-state index in [1.54, 1.807) is 24.4 Å². The van der Waals surface area contributed by atoms with Crippen LogP contribution in [0.3, 0.4) is 0 Å². The van der Waals surface area contributed by atoms with Crippen LogP contribution in [0.25, 0.3) is 22.3 Å². The fourth-order valence-corrected chi connectivity index (χ4v) is 4.22. The van der Waals surface area contributed by atoms with Crippen LogP contribution in [0.2, 0.25) is 0 Å². The summed E-state index contributed by atoms with van der Waals surface area (Å²) in [4.78, 5) is 29.2. The Bertz CT molecular complexity index is 1590. The van der Waals surface area contributed by atoms with Gasteiger partial charge in [0.15, 0.2) is 0 Å². The first-order valence-electron chi connectivity index (χ1n) is 12.1. The molecule has 0 bridgehead atoms. The number of carboxylic acid groups (broad SMARTS) is 1. The van der Waals surface area contributed by atoms with Crippen molar-refractivity contribution in [2.75, 3.05) is 10.6 Å². The number of nitrogens with one attached hydrogen (secondary N) is 2. The summed E-state index contributed by atoms with van der Waals surface area (Å²) in [5.74, 6) is -1.84. The largest absolute Gasteiger partial charge is 1.00 e. The summed E-state index contributed by atoms with van der Waals surface area (Å²) in [6.45, 7) is 0.628. The number of carbonyl (C=O) groups excluding carboxylic acids is 2. The molecule has 0 aliphatic carbocycles. The number of pyridine rings is 1. The third kappa shape index (κ3) is 6.81. The number of para-hydroxylation sites is 1. The van der Waals surface area contributed by atoms with E-state index in [0.29, 0.717) is 12.1 Å². The average molecular weight is 522 g/mol. The Morgan fingerprint density at radius 1 is 0.692 bits per heavy atom. The van der Waals surface area contributed by atoms with Gasteiger partial charge in [-0.1, -0.05) is 91.0 Å². The van der Waals surface area contributed by atoms with Crippen LogP contribution >= 0.6 is 0 Å². The van der Waals surface area contributed by atoms with E-state index in [1.807, 2.05) is 84.9 Å². The number of anilines is 2. The van der Waals surface area contributed by atoms with E-state index >= 15 is 0 Å². The minimum absolute atomic E-state index is 0. The zero-order chi connectivity index (χ0) is 26.3. The van der Waals surface area contributed by atoms with Crippen molar-refractivity contribution in [3.05, 3.63) is 138 Å². The molecule has 6 nitrogen and oxygen atoms in total.